The Bertz CT molecular complexity index is 1030. The van der Waals surface area contributed by atoms with Gasteiger partial charge in [-0.2, -0.15) is 0 Å². The van der Waals surface area contributed by atoms with E-state index in [-0.39, 0.29) is 19.4 Å². The second-order valence-corrected chi connectivity index (χ2v) is 14.9. The molecule has 1 unspecified atom stereocenters. The minimum absolute atomic E-state index is 0.144. The fraction of sp³-hybridized carbons (Fsp3) is 0.775. The van der Waals surface area contributed by atoms with Gasteiger partial charge in [0, 0.05) is 12.8 Å². The quantitative estimate of drug-likeness (QED) is 0.0238. The minimum atomic E-state index is -4.72. The molecule has 4 N–H and O–H groups in total. The van der Waals surface area contributed by atoms with Gasteiger partial charge in [0.05, 0.1) is 13.2 Å². The largest absolute Gasteiger partial charge is 0.480 e. The first-order chi connectivity index (χ1) is 25.1. The van der Waals surface area contributed by atoms with E-state index in [9.17, 15) is 23.8 Å². The lowest BCUT2D eigenvalue weighted by Crippen LogP contribution is -2.34. The van der Waals surface area contributed by atoms with Gasteiger partial charge in [-0.15, -0.1) is 0 Å². The Morgan fingerprint density at radius 3 is 1.58 bits per heavy atom. The van der Waals surface area contributed by atoms with Crippen molar-refractivity contribution in [3.63, 3.8) is 0 Å². The number of phosphoric acid groups is 1. The Balaban J connectivity index is 4.48. The van der Waals surface area contributed by atoms with Crippen LogP contribution in [0.2, 0.25) is 0 Å². The van der Waals surface area contributed by atoms with Crippen molar-refractivity contribution in [2.75, 3.05) is 19.8 Å². The highest BCUT2D eigenvalue weighted by Gasteiger charge is 2.28. The third-order valence-electron chi connectivity index (χ3n) is 8.36. The number of esters is 2. The molecule has 11 nitrogen and oxygen atoms in total. The Morgan fingerprint density at radius 1 is 0.596 bits per heavy atom. The molecule has 0 bridgehead atoms. The van der Waals surface area contributed by atoms with Crippen LogP contribution in [0.15, 0.2) is 36.5 Å². The Labute approximate surface area is 314 Å². The fourth-order valence-electron chi connectivity index (χ4n) is 5.15. The van der Waals surface area contributed by atoms with Crippen molar-refractivity contribution in [1.82, 2.24) is 0 Å². The molecular weight excluding hydrogens is 685 g/mol. The van der Waals surface area contributed by atoms with Crippen LogP contribution >= 0.6 is 7.82 Å². The number of aliphatic carboxylic acids is 1. The standard InChI is InChI=1S/C40H72NO10P/c1-3-5-7-9-11-13-15-17-18-20-21-23-25-27-29-31-38(42)48-33-36(34-49-52(46,47)50-35-37(41)40(44)45)51-39(43)32-30-28-26-24-22-19-16-14-12-10-8-6-4-2/h14,16-18,21,23,36-37H,3-13,15,19-20,22,24-35,41H2,1-2H3,(H,44,45)(H,46,47)/b16-14+,18-17+,23-21+/t36-,37+/m1/s1. The summed E-state index contributed by atoms with van der Waals surface area (Å²) in [5.41, 5.74) is 5.32. The van der Waals surface area contributed by atoms with Crippen molar-refractivity contribution in [3.05, 3.63) is 36.5 Å². The number of phosphoric ester groups is 1. The first-order valence-electron chi connectivity index (χ1n) is 20.0. The Morgan fingerprint density at radius 2 is 1.02 bits per heavy atom. The summed E-state index contributed by atoms with van der Waals surface area (Å²) < 4.78 is 32.5. The lowest BCUT2D eigenvalue weighted by atomic mass is 10.1. The van der Waals surface area contributed by atoms with Gasteiger partial charge in [-0.05, 0) is 70.6 Å². The first-order valence-corrected chi connectivity index (χ1v) is 21.5. The van der Waals surface area contributed by atoms with Gasteiger partial charge in [0.15, 0.2) is 6.10 Å². The zero-order valence-corrected chi connectivity index (χ0v) is 33.3. The van der Waals surface area contributed by atoms with E-state index in [0.717, 1.165) is 64.2 Å². The molecule has 0 heterocycles. The van der Waals surface area contributed by atoms with Gasteiger partial charge in [0.2, 0.25) is 0 Å². The number of hydrogen-bond acceptors (Lipinski definition) is 9. The molecule has 0 aliphatic carbocycles. The summed E-state index contributed by atoms with van der Waals surface area (Å²) in [6, 6.07) is -1.53. The third-order valence-corrected chi connectivity index (χ3v) is 9.31. The monoisotopic (exact) mass is 757 g/mol. The highest BCUT2D eigenvalue weighted by atomic mass is 31.2. The highest BCUT2D eigenvalue weighted by molar-refractivity contribution is 7.47. The van der Waals surface area contributed by atoms with E-state index < -0.39 is 51.1 Å². The van der Waals surface area contributed by atoms with Crippen LogP contribution in [0.5, 0.6) is 0 Å². The van der Waals surface area contributed by atoms with Crippen molar-refractivity contribution in [3.8, 4) is 0 Å². The van der Waals surface area contributed by atoms with Crippen molar-refractivity contribution in [2.24, 2.45) is 5.73 Å². The lowest BCUT2D eigenvalue weighted by molar-refractivity contribution is -0.161. The van der Waals surface area contributed by atoms with E-state index in [1.54, 1.807) is 0 Å². The summed E-state index contributed by atoms with van der Waals surface area (Å²) in [5, 5.41) is 8.86. The van der Waals surface area contributed by atoms with Gasteiger partial charge >= 0.3 is 25.7 Å². The lowest BCUT2D eigenvalue weighted by Gasteiger charge is -2.20. The van der Waals surface area contributed by atoms with Gasteiger partial charge in [-0.3, -0.25) is 23.4 Å². The van der Waals surface area contributed by atoms with Gasteiger partial charge in [-0.1, -0.05) is 121 Å². The molecule has 0 saturated heterocycles. The summed E-state index contributed by atoms with van der Waals surface area (Å²) in [6.45, 7) is 2.72. The van der Waals surface area contributed by atoms with Gasteiger partial charge in [0.25, 0.3) is 0 Å². The number of carbonyl (C=O) groups excluding carboxylic acids is 2. The maximum atomic E-state index is 12.6. The summed E-state index contributed by atoms with van der Waals surface area (Å²) >= 11 is 0. The van der Waals surface area contributed by atoms with Crippen LogP contribution in [0.4, 0.5) is 0 Å². The number of carboxylic acids is 1. The Kier molecular flexibility index (Phi) is 34.1. The molecule has 302 valence electrons. The van der Waals surface area contributed by atoms with E-state index >= 15 is 0 Å². The summed E-state index contributed by atoms with van der Waals surface area (Å²) in [7, 11) is -4.72. The molecule has 0 radical (unpaired) electrons. The van der Waals surface area contributed by atoms with Crippen LogP contribution in [-0.2, 0) is 37.5 Å². The molecule has 0 spiro atoms. The number of carboxylic acid groups (broad SMARTS) is 1. The van der Waals surface area contributed by atoms with Crippen molar-refractivity contribution in [2.45, 2.75) is 180 Å². The maximum Gasteiger partial charge on any atom is 0.472 e. The van der Waals surface area contributed by atoms with Crippen molar-refractivity contribution in [1.29, 1.82) is 0 Å². The summed E-state index contributed by atoms with van der Waals surface area (Å²) in [6.07, 6.45) is 36.4. The zero-order valence-electron chi connectivity index (χ0n) is 32.4. The topological polar surface area (TPSA) is 172 Å². The van der Waals surface area contributed by atoms with E-state index in [1.165, 1.54) is 64.2 Å². The molecule has 3 atom stereocenters. The molecular formula is C40H72NO10P. The molecule has 0 aromatic carbocycles. The molecule has 0 aromatic heterocycles. The van der Waals surface area contributed by atoms with Crippen LogP contribution in [0, 0.1) is 0 Å². The van der Waals surface area contributed by atoms with Crippen LogP contribution < -0.4 is 5.73 Å². The molecule has 52 heavy (non-hydrogen) atoms. The molecule has 0 aliphatic heterocycles. The molecule has 12 heteroatoms. The molecule has 0 saturated carbocycles. The van der Waals surface area contributed by atoms with Crippen LogP contribution in [-0.4, -0.2) is 59.9 Å². The third kappa shape index (κ3) is 34.8. The molecule has 0 aliphatic rings. The van der Waals surface area contributed by atoms with E-state index in [0.29, 0.717) is 12.8 Å². The SMILES string of the molecule is CCCCCC/C=C/CCCCCCCC(=O)O[C@H](COC(=O)CCCC/C=C/C/C=C/CCCCCCCC)COP(=O)(O)OC[C@H](N)C(=O)O. The van der Waals surface area contributed by atoms with Gasteiger partial charge in [0.1, 0.15) is 12.6 Å². The second kappa shape index (κ2) is 35.7. The molecule has 0 fully saturated rings. The van der Waals surface area contributed by atoms with E-state index in [2.05, 4.69) is 54.8 Å². The highest BCUT2D eigenvalue weighted by Crippen LogP contribution is 2.43. The summed E-state index contributed by atoms with van der Waals surface area (Å²) in [5.74, 6) is -2.43. The van der Waals surface area contributed by atoms with Crippen molar-refractivity contribution < 1.29 is 47.5 Å². The number of allylic oxidation sites excluding steroid dienone is 6. The van der Waals surface area contributed by atoms with Gasteiger partial charge < -0.3 is 25.2 Å². The second-order valence-electron chi connectivity index (χ2n) is 13.4. The Hall–Kier alpha value is -2.30. The van der Waals surface area contributed by atoms with E-state index in [1.807, 2.05) is 0 Å². The van der Waals surface area contributed by atoms with Crippen molar-refractivity contribution >= 4 is 25.7 Å². The maximum absolute atomic E-state index is 12.6. The molecule has 0 aromatic rings. The number of carbonyl (C=O) groups is 3. The number of nitrogens with two attached hydrogens (primary N) is 1. The number of hydrogen-bond donors (Lipinski definition) is 3. The average molecular weight is 758 g/mol. The molecule has 0 rings (SSSR count). The van der Waals surface area contributed by atoms with Crippen LogP contribution in [0.3, 0.4) is 0 Å². The predicted octanol–water partition coefficient (Wildman–Crippen LogP) is 10.1. The normalized spacial score (nSPS) is 14.2. The molecule has 0 amide bonds. The number of rotatable bonds is 37. The number of ether oxygens (including phenoxy) is 2. The van der Waals surface area contributed by atoms with Gasteiger partial charge in [-0.25, -0.2) is 4.57 Å². The zero-order chi connectivity index (χ0) is 38.5. The van der Waals surface area contributed by atoms with Crippen LogP contribution in [0.25, 0.3) is 0 Å². The predicted molar refractivity (Wildman–Crippen MR) is 208 cm³/mol. The van der Waals surface area contributed by atoms with E-state index in [4.69, 9.17) is 24.8 Å². The summed E-state index contributed by atoms with van der Waals surface area (Å²) in [4.78, 5) is 45.8. The number of unbranched alkanes of at least 4 members (excludes halogenated alkanes) is 17. The minimum Gasteiger partial charge on any atom is -0.480 e. The smallest absolute Gasteiger partial charge is 0.472 e. The first kappa shape index (κ1) is 49.7. The fourth-order valence-corrected chi connectivity index (χ4v) is 5.92. The average Bonchev–Trinajstić information content (AvgIpc) is 3.12. The van der Waals surface area contributed by atoms with Crippen LogP contribution in [0.1, 0.15) is 168 Å².